The van der Waals surface area contributed by atoms with Gasteiger partial charge in [-0.15, -0.1) is 0 Å². The van der Waals surface area contributed by atoms with E-state index in [0.29, 0.717) is 6.42 Å². The Morgan fingerprint density at radius 3 is 2.20 bits per heavy atom. The average Bonchev–Trinajstić information content (AvgIpc) is 1.78. The number of carbonyl (C=O) groups excluding carboxylic acids is 1. The Hall–Kier alpha value is -0.373. The van der Waals surface area contributed by atoms with Crippen LogP contribution in [0.15, 0.2) is 11.8 Å². The Bertz CT molecular complexity index is 122. The summed E-state index contributed by atoms with van der Waals surface area (Å²) in [5.74, 6) is 0. The molecule has 0 saturated carbocycles. The van der Waals surface area contributed by atoms with Gasteiger partial charge in [-0.05, 0) is 6.42 Å². The van der Waals surface area contributed by atoms with Crippen molar-refractivity contribution in [1.82, 2.24) is 0 Å². The molecule has 0 fully saturated rings. The molecule has 0 bridgehead atoms. The molecule has 0 radical (unpaired) electrons. The minimum Gasteiger partial charge on any atom is -0.303 e. The van der Waals surface area contributed by atoms with Crippen LogP contribution >= 0.6 is 0 Å². The van der Waals surface area contributed by atoms with Crippen molar-refractivity contribution in [2.75, 3.05) is 0 Å². The number of allylic oxidation sites excluding steroid dienone is 1. The lowest BCUT2D eigenvalue weighted by Crippen LogP contribution is -2.15. The van der Waals surface area contributed by atoms with Gasteiger partial charge in [0.25, 0.3) is 0 Å². The van der Waals surface area contributed by atoms with Crippen molar-refractivity contribution in [1.29, 1.82) is 0 Å². The summed E-state index contributed by atoms with van der Waals surface area (Å²) < 4.78 is 0. The largest absolute Gasteiger partial charge is 0.303 e. The van der Waals surface area contributed by atoms with Gasteiger partial charge in [0.1, 0.15) is 6.29 Å². The molecule has 0 unspecified atom stereocenters. The van der Waals surface area contributed by atoms with Crippen LogP contribution in [0.1, 0.15) is 12.8 Å². The zero-order chi connectivity index (χ0) is 8.04. The van der Waals surface area contributed by atoms with E-state index in [0.717, 1.165) is 12.7 Å². The number of rotatable bonds is 4. The summed E-state index contributed by atoms with van der Waals surface area (Å²) in [6, 6.07) is 0. The fourth-order valence-electron chi connectivity index (χ4n) is 0.601. The number of hydrogen-bond donors (Lipinski definition) is 0. The van der Waals surface area contributed by atoms with E-state index in [2.05, 4.69) is 31.4 Å². The topological polar surface area (TPSA) is 17.1 Å². The molecule has 2 heteroatoms. The molecule has 0 atom stereocenters. The zero-order valence-corrected chi connectivity index (χ0v) is 8.05. The fraction of sp³-hybridized carbons (Fsp3) is 0.625. The Balaban J connectivity index is 3.46. The van der Waals surface area contributed by atoms with Gasteiger partial charge in [0.15, 0.2) is 0 Å². The summed E-state index contributed by atoms with van der Waals surface area (Å²) in [4.78, 5) is 9.91. The summed E-state index contributed by atoms with van der Waals surface area (Å²) in [7, 11) is -1.00. The smallest absolute Gasteiger partial charge is 0.120 e. The van der Waals surface area contributed by atoms with Gasteiger partial charge in [0.05, 0.1) is 8.07 Å². The van der Waals surface area contributed by atoms with Gasteiger partial charge in [-0.2, -0.15) is 0 Å². The van der Waals surface area contributed by atoms with Gasteiger partial charge < -0.3 is 4.79 Å². The molecule has 0 N–H and O–H groups in total. The van der Waals surface area contributed by atoms with Gasteiger partial charge in [-0.3, -0.25) is 0 Å². The Kier molecular flexibility index (Phi) is 4.28. The summed E-state index contributed by atoms with van der Waals surface area (Å²) >= 11 is 0. The van der Waals surface area contributed by atoms with Gasteiger partial charge in [0.2, 0.25) is 0 Å². The summed E-state index contributed by atoms with van der Waals surface area (Å²) in [6.45, 7) is 6.85. The molecule has 0 aromatic heterocycles. The number of unbranched alkanes of at least 4 members (excludes halogenated alkanes) is 1. The maximum atomic E-state index is 9.91. The highest BCUT2D eigenvalue weighted by Crippen LogP contribution is 2.02. The van der Waals surface area contributed by atoms with Crippen LogP contribution in [0.3, 0.4) is 0 Å². The van der Waals surface area contributed by atoms with Crippen LogP contribution in [0, 0.1) is 0 Å². The Morgan fingerprint density at radius 2 is 1.80 bits per heavy atom. The van der Waals surface area contributed by atoms with Crippen molar-refractivity contribution in [2.45, 2.75) is 32.5 Å². The molecule has 0 aliphatic carbocycles. The minimum atomic E-state index is -1.00. The Morgan fingerprint density at radius 1 is 1.20 bits per heavy atom. The third-order valence-corrected chi connectivity index (χ3v) is 2.30. The molecular formula is C8H16OSi. The van der Waals surface area contributed by atoms with Crippen LogP contribution in [0.2, 0.25) is 19.6 Å². The van der Waals surface area contributed by atoms with E-state index < -0.39 is 8.07 Å². The predicted molar refractivity (Wildman–Crippen MR) is 47.8 cm³/mol. The molecule has 0 aromatic rings. The van der Waals surface area contributed by atoms with E-state index in [1.54, 1.807) is 0 Å². The SMILES string of the molecule is C[Si](C)(C)/C=C\CCC=O. The van der Waals surface area contributed by atoms with Crippen LogP contribution in [0.25, 0.3) is 0 Å². The van der Waals surface area contributed by atoms with E-state index in [1.165, 1.54) is 0 Å². The number of carbonyl (C=O) groups is 1. The standard InChI is InChI=1S/C8H16OSi/c1-10(2,3)8-6-4-5-7-9/h6-8H,4-5H2,1-3H3/b8-6-. The number of hydrogen-bond acceptors (Lipinski definition) is 1. The van der Waals surface area contributed by atoms with Gasteiger partial charge in [-0.1, -0.05) is 31.4 Å². The van der Waals surface area contributed by atoms with Crippen molar-refractivity contribution in [3.63, 3.8) is 0 Å². The van der Waals surface area contributed by atoms with E-state index in [1.807, 2.05) is 0 Å². The van der Waals surface area contributed by atoms with Gasteiger partial charge in [0, 0.05) is 6.42 Å². The van der Waals surface area contributed by atoms with E-state index in [9.17, 15) is 4.79 Å². The molecule has 0 rings (SSSR count). The van der Waals surface area contributed by atoms with Gasteiger partial charge in [-0.25, -0.2) is 0 Å². The van der Waals surface area contributed by atoms with Crippen LogP contribution in [0.4, 0.5) is 0 Å². The monoisotopic (exact) mass is 156 g/mol. The summed E-state index contributed by atoms with van der Waals surface area (Å²) in [5.41, 5.74) is 2.27. The van der Waals surface area contributed by atoms with Gasteiger partial charge >= 0.3 is 0 Å². The number of aldehydes is 1. The fourth-order valence-corrected chi connectivity index (χ4v) is 1.47. The first kappa shape index (κ1) is 9.63. The molecule has 0 spiro atoms. The summed E-state index contributed by atoms with van der Waals surface area (Å²) in [5, 5.41) is 0. The molecule has 0 aliphatic rings. The highest BCUT2D eigenvalue weighted by molar-refractivity contribution is 6.80. The van der Waals surface area contributed by atoms with E-state index in [-0.39, 0.29) is 0 Å². The lowest BCUT2D eigenvalue weighted by molar-refractivity contribution is -0.107. The second kappa shape index (κ2) is 4.44. The first-order valence-electron chi connectivity index (χ1n) is 3.67. The van der Waals surface area contributed by atoms with Crippen LogP contribution in [0.5, 0.6) is 0 Å². The first-order chi connectivity index (χ1) is 4.56. The lowest BCUT2D eigenvalue weighted by Gasteiger charge is -2.07. The van der Waals surface area contributed by atoms with Crippen molar-refractivity contribution < 1.29 is 4.79 Å². The van der Waals surface area contributed by atoms with Crippen LogP contribution in [-0.4, -0.2) is 14.4 Å². The maximum Gasteiger partial charge on any atom is 0.120 e. The van der Waals surface area contributed by atoms with Crippen molar-refractivity contribution in [2.24, 2.45) is 0 Å². The first-order valence-corrected chi connectivity index (χ1v) is 7.25. The van der Waals surface area contributed by atoms with Crippen molar-refractivity contribution in [3.05, 3.63) is 11.8 Å². The Labute approximate surface area is 64.1 Å². The molecule has 1 nitrogen and oxygen atoms in total. The summed E-state index contributed by atoms with van der Waals surface area (Å²) in [6.07, 6.45) is 4.67. The van der Waals surface area contributed by atoms with Crippen molar-refractivity contribution >= 4 is 14.4 Å². The maximum absolute atomic E-state index is 9.91. The normalized spacial score (nSPS) is 12.3. The molecular weight excluding hydrogens is 140 g/mol. The van der Waals surface area contributed by atoms with Crippen LogP contribution < -0.4 is 0 Å². The highest BCUT2D eigenvalue weighted by Gasteiger charge is 2.05. The highest BCUT2D eigenvalue weighted by atomic mass is 28.3. The second-order valence-electron chi connectivity index (χ2n) is 3.51. The molecule has 0 heterocycles. The molecule has 10 heavy (non-hydrogen) atoms. The van der Waals surface area contributed by atoms with E-state index in [4.69, 9.17) is 0 Å². The molecule has 0 aromatic carbocycles. The molecule has 58 valence electrons. The third-order valence-electron chi connectivity index (χ3n) is 1.07. The molecule has 0 amide bonds. The predicted octanol–water partition coefficient (Wildman–Crippen LogP) is 2.40. The third kappa shape index (κ3) is 7.63. The van der Waals surface area contributed by atoms with E-state index >= 15 is 0 Å². The lowest BCUT2D eigenvalue weighted by atomic mass is 10.3. The molecule has 0 saturated heterocycles. The zero-order valence-electron chi connectivity index (χ0n) is 7.05. The second-order valence-corrected chi connectivity index (χ2v) is 8.58. The minimum absolute atomic E-state index is 0.668. The average molecular weight is 156 g/mol. The van der Waals surface area contributed by atoms with Crippen molar-refractivity contribution in [3.8, 4) is 0 Å². The quantitative estimate of drug-likeness (QED) is 0.347. The molecule has 0 aliphatic heterocycles. The van der Waals surface area contributed by atoms with Crippen LogP contribution in [-0.2, 0) is 4.79 Å².